The van der Waals surface area contributed by atoms with E-state index in [1.165, 1.54) is 138 Å². The van der Waals surface area contributed by atoms with E-state index in [2.05, 4.69) is 436 Å². The highest BCUT2D eigenvalue weighted by Crippen LogP contribution is 2.51. The molecule has 14 aromatic rings. The number of fused-ring (bicyclic) bond motifs is 10. The zero-order chi connectivity index (χ0) is 80.9. The highest BCUT2D eigenvalue weighted by Gasteiger charge is 2.45. The zero-order valence-electron chi connectivity index (χ0n) is 72.8. The Balaban J connectivity index is 1.02. The third kappa shape index (κ3) is 13.8. The van der Waals surface area contributed by atoms with Crippen LogP contribution in [0.4, 0.5) is 34.1 Å². The van der Waals surface area contributed by atoms with Gasteiger partial charge in [-0.15, -0.1) is 0 Å². The van der Waals surface area contributed by atoms with Crippen molar-refractivity contribution in [2.45, 2.75) is 236 Å². The zero-order valence-corrected chi connectivity index (χ0v) is 72.8. The number of aromatic nitrogens is 2. The predicted octanol–water partition coefficient (Wildman–Crippen LogP) is 28.6. The highest BCUT2D eigenvalue weighted by molar-refractivity contribution is 7.00. The van der Waals surface area contributed by atoms with Gasteiger partial charge in [-0.3, -0.25) is 0 Å². The van der Waals surface area contributed by atoms with Crippen LogP contribution in [-0.2, 0) is 48.7 Å². The van der Waals surface area contributed by atoms with Gasteiger partial charge < -0.3 is 18.9 Å². The van der Waals surface area contributed by atoms with Crippen molar-refractivity contribution in [2.75, 3.05) is 9.80 Å². The molecule has 113 heavy (non-hydrogen) atoms. The van der Waals surface area contributed by atoms with Gasteiger partial charge in [0.05, 0.1) is 22.1 Å². The molecule has 2 aliphatic rings. The van der Waals surface area contributed by atoms with Crippen LogP contribution in [0.15, 0.2) is 231 Å². The van der Waals surface area contributed by atoms with Crippen molar-refractivity contribution in [3.63, 3.8) is 0 Å². The quantitative estimate of drug-likeness (QED) is 0.148. The lowest BCUT2D eigenvalue weighted by molar-refractivity contribution is 0.568. The van der Waals surface area contributed by atoms with E-state index in [0.29, 0.717) is 0 Å². The average molecular weight is 1480 g/mol. The summed E-state index contributed by atoms with van der Waals surface area (Å²) in [6, 6.07) is 92.4. The molecular weight excluding hydrogens is 1360 g/mol. The molecule has 12 aromatic carbocycles. The van der Waals surface area contributed by atoms with Crippen molar-refractivity contribution in [3.05, 3.63) is 281 Å². The molecular formula is C108H119BN4. The fourth-order valence-electron chi connectivity index (χ4n) is 17.5. The van der Waals surface area contributed by atoms with Gasteiger partial charge >= 0.3 is 0 Å². The summed E-state index contributed by atoms with van der Waals surface area (Å²) in [5.41, 5.74) is 36.4. The largest absolute Gasteiger partial charge is 0.311 e. The summed E-state index contributed by atoms with van der Waals surface area (Å²) >= 11 is 0. The topological polar surface area (TPSA) is 16.3 Å². The van der Waals surface area contributed by atoms with Crippen LogP contribution < -0.4 is 26.2 Å². The molecule has 0 saturated heterocycles. The van der Waals surface area contributed by atoms with Crippen molar-refractivity contribution >= 4 is 101 Å². The van der Waals surface area contributed by atoms with E-state index in [1.54, 1.807) is 0 Å². The fraction of sp³-hybridized carbons (Fsp3) is 0.333. The molecule has 0 aliphatic carbocycles. The number of anilines is 6. The van der Waals surface area contributed by atoms with Crippen molar-refractivity contribution < 1.29 is 0 Å². The molecule has 4 heterocycles. The third-order valence-corrected chi connectivity index (χ3v) is 24.9. The summed E-state index contributed by atoms with van der Waals surface area (Å²) in [6.45, 7) is 63.0. The summed E-state index contributed by atoms with van der Waals surface area (Å²) in [7, 11) is 0. The molecule has 4 nitrogen and oxygen atoms in total. The summed E-state index contributed by atoms with van der Waals surface area (Å²) in [5.74, 6) is 0. The van der Waals surface area contributed by atoms with Crippen LogP contribution in [0.1, 0.15) is 237 Å². The first-order chi connectivity index (χ1) is 52.7. The number of rotatable bonds is 7. The Kier molecular flexibility index (Phi) is 17.8. The monoisotopic (exact) mass is 1480 g/mol. The van der Waals surface area contributed by atoms with E-state index in [-0.39, 0.29) is 55.4 Å². The third-order valence-electron chi connectivity index (χ3n) is 24.9. The van der Waals surface area contributed by atoms with E-state index >= 15 is 0 Å². The first kappa shape index (κ1) is 76.9. The van der Waals surface area contributed by atoms with Crippen LogP contribution in [0.2, 0.25) is 0 Å². The van der Waals surface area contributed by atoms with Crippen molar-refractivity contribution in [1.29, 1.82) is 0 Å². The second-order valence-corrected chi connectivity index (χ2v) is 42.6. The first-order valence-corrected chi connectivity index (χ1v) is 41.6. The van der Waals surface area contributed by atoms with Crippen molar-refractivity contribution in [1.82, 2.24) is 9.13 Å². The van der Waals surface area contributed by atoms with Crippen LogP contribution in [0, 0.1) is 0 Å². The molecule has 0 radical (unpaired) electrons. The Hall–Kier alpha value is -10.1. The van der Waals surface area contributed by atoms with Crippen LogP contribution in [0.25, 0.3) is 88.4 Å². The normalized spacial score (nSPS) is 13.9. The van der Waals surface area contributed by atoms with Crippen LogP contribution in [-0.4, -0.2) is 15.8 Å². The van der Waals surface area contributed by atoms with Crippen LogP contribution >= 0.6 is 0 Å². The minimum atomic E-state index is -0.191. The van der Waals surface area contributed by atoms with E-state index in [4.69, 9.17) is 0 Å². The molecule has 0 atom stereocenters. The van der Waals surface area contributed by atoms with Crippen molar-refractivity contribution in [3.8, 4) is 44.8 Å². The molecule has 0 amide bonds. The SMILES string of the molecule is CC(C)(C)c1ccc(-c2cc3c4c(c2)N(c2ccc(-c5cc(C(C)(C)C)cc(C(C)(C)C)c5)cc2)c2cc(-n5c6cc(C(C)(C)C)ccc6c6ccc(C(C)(C)C)cc65)ccc2B4c2ccc(-n4c5ccc(C(C)(C)C)cc5c5cc(C(C)(C)C)ccc54)cc2N3c2ccc(-c3cc(C(C)(C)C)cc(C(C)(C)C)c3)cc2)cc1. The standard InChI is InChI=1S/C108H119BN4/c1-100(2,3)72-34-28-66(29-35-72)71-56-97-99-98(57-71)111(82-42-32-68(33-43-82)70-54-79(107(22,23)24)59-80(55-70)108(25,26)27)96-65-84(113-93-62-75(103(10,11)12)36-46-85(93)86-47-37-76(63-94(86)113)104(13,14)15)45-49-90(96)109(99)89-48-44-83(112-91-50-38-73(101(4,5)6)60-87(91)88-61-74(102(7,8)9)39-51-92(88)112)64-95(89)110(97)81-40-30-67(31-41-81)69-52-77(105(16,17)18)58-78(53-69)106(19,20)21/h28-65H,1-27H3. The molecule has 0 unspecified atom stereocenters. The van der Waals surface area contributed by atoms with Crippen LogP contribution in [0.3, 0.4) is 0 Å². The average Bonchev–Trinajstić information content (AvgIpc) is 1.68. The molecule has 0 N–H and O–H groups in total. The van der Waals surface area contributed by atoms with Crippen molar-refractivity contribution in [2.24, 2.45) is 0 Å². The molecule has 0 fully saturated rings. The minimum Gasteiger partial charge on any atom is -0.311 e. The number of hydrogen-bond donors (Lipinski definition) is 0. The summed E-state index contributed by atoms with van der Waals surface area (Å²) in [5, 5.41) is 5.06. The van der Waals surface area contributed by atoms with E-state index < -0.39 is 0 Å². The van der Waals surface area contributed by atoms with Gasteiger partial charge in [0.15, 0.2) is 0 Å². The lowest BCUT2D eigenvalue weighted by atomic mass is 9.33. The molecule has 16 rings (SSSR count). The maximum Gasteiger partial charge on any atom is 0.252 e. The maximum absolute atomic E-state index is 2.65. The number of benzene rings is 12. The molecule has 0 saturated carbocycles. The van der Waals surface area contributed by atoms with Gasteiger partial charge in [-0.1, -0.05) is 320 Å². The van der Waals surface area contributed by atoms with Gasteiger partial charge in [0.2, 0.25) is 0 Å². The Morgan fingerprint density at radius 1 is 0.186 bits per heavy atom. The summed E-state index contributed by atoms with van der Waals surface area (Å²) in [6.07, 6.45) is 0. The second-order valence-electron chi connectivity index (χ2n) is 42.6. The highest BCUT2D eigenvalue weighted by atomic mass is 15.2. The van der Waals surface area contributed by atoms with Gasteiger partial charge in [0.1, 0.15) is 0 Å². The molecule has 0 spiro atoms. The maximum atomic E-state index is 2.65. The molecule has 2 aromatic heterocycles. The van der Waals surface area contributed by atoms with Gasteiger partial charge in [0, 0.05) is 67.0 Å². The van der Waals surface area contributed by atoms with Crippen LogP contribution in [0.5, 0.6) is 0 Å². The molecule has 0 bridgehead atoms. The van der Waals surface area contributed by atoms with E-state index in [9.17, 15) is 0 Å². The Morgan fingerprint density at radius 2 is 0.460 bits per heavy atom. The van der Waals surface area contributed by atoms with Gasteiger partial charge in [-0.2, -0.15) is 0 Å². The Labute approximate surface area is 676 Å². The fourth-order valence-corrected chi connectivity index (χ4v) is 17.5. The summed E-state index contributed by atoms with van der Waals surface area (Å²) < 4.78 is 5.15. The van der Waals surface area contributed by atoms with Gasteiger partial charge in [0.25, 0.3) is 6.71 Å². The van der Waals surface area contributed by atoms with Gasteiger partial charge in [-0.05, 0) is 246 Å². The Bertz CT molecular complexity index is 5930. The lowest BCUT2D eigenvalue weighted by Gasteiger charge is -2.44. The van der Waals surface area contributed by atoms with Gasteiger partial charge in [-0.25, -0.2) is 0 Å². The second kappa shape index (κ2) is 26.2. The smallest absolute Gasteiger partial charge is 0.252 e. The summed E-state index contributed by atoms with van der Waals surface area (Å²) in [4.78, 5) is 5.30. The number of nitrogens with zero attached hydrogens (tertiary/aromatic N) is 4. The Morgan fingerprint density at radius 3 is 0.788 bits per heavy atom. The first-order valence-electron chi connectivity index (χ1n) is 41.6. The molecule has 5 heteroatoms. The number of hydrogen-bond acceptors (Lipinski definition) is 2. The van der Waals surface area contributed by atoms with E-state index in [1.807, 2.05) is 0 Å². The molecule has 574 valence electrons. The lowest BCUT2D eigenvalue weighted by Crippen LogP contribution is -2.61. The van der Waals surface area contributed by atoms with E-state index in [0.717, 1.165) is 51.1 Å². The predicted molar refractivity (Wildman–Crippen MR) is 494 cm³/mol. The molecule has 2 aliphatic heterocycles. The minimum absolute atomic E-state index is 0.0355.